The molecule has 1 saturated carbocycles. The molecule has 1 aliphatic carbocycles. The molecule has 128 valence electrons. The molecule has 1 saturated heterocycles. The van der Waals surface area contributed by atoms with E-state index >= 15 is 0 Å². The molecule has 5 heteroatoms. The van der Waals surface area contributed by atoms with Crippen LogP contribution >= 0.6 is 0 Å². The van der Waals surface area contributed by atoms with Gasteiger partial charge in [-0.05, 0) is 30.9 Å². The molecule has 1 aliphatic heterocycles. The number of hydrogen-bond donors (Lipinski definition) is 1. The summed E-state index contributed by atoms with van der Waals surface area (Å²) in [7, 11) is 2.02. The first-order valence-electron chi connectivity index (χ1n) is 8.76. The number of benzene rings is 1. The fourth-order valence-corrected chi connectivity index (χ4v) is 4.02. The SMILES string of the molecule is Cn1cc(CC(=O)N[C@@H]2CC[C@@H]3OCCO[C@H]3C2)c2ccccc21. The van der Waals surface area contributed by atoms with Crippen molar-refractivity contribution in [2.24, 2.45) is 7.05 Å². The van der Waals surface area contributed by atoms with Crippen molar-refractivity contribution in [2.75, 3.05) is 13.2 Å². The van der Waals surface area contributed by atoms with Gasteiger partial charge in [0, 0.05) is 30.2 Å². The van der Waals surface area contributed by atoms with E-state index in [2.05, 4.69) is 28.2 Å². The Morgan fingerprint density at radius 3 is 2.88 bits per heavy atom. The highest BCUT2D eigenvalue weighted by atomic mass is 16.6. The smallest absolute Gasteiger partial charge is 0.224 e. The largest absolute Gasteiger partial charge is 0.373 e. The maximum atomic E-state index is 12.5. The maximum Gasteiger partial charge on any atom is 0.224 e. The number of carbonyl (C=O) groups excluding carboxylic acids is 1. The maximum absolute atomic E-state index is 12.5. The van der Waals surface area contributed by atoms with E-state index in [1.54, 1.807) is 0 Å². The van der Waals surface area contributed by atoms with E-state index in [0.717, 1.165) is 35.7 Å². The number of nitrogens with zero attached hydrogens (tertiary/aromatic N) is 1. The number of amides is 1. The summed E-state index contributed by atoms with van der Waals surface area (Å²) in [5.74, 6) is 0.0894. The quantitative estimate of drug-likeness (QED) is 0.939. The lowest BCUT2D eigenvalue weighted by molar-refractivity contribution is -0.158. The molecule has 2 fully saturated rings. The van der Waals surface area contributed by atoms with Crippen LogP contribution in [0, 0.1) is 0 Å². The second kappa shape index (κ2) is 6.57. The molecule has 0 spiro atoms. The highest BCUT2D eigenvalue weighted by molar-refractivity contribution is 5.89. The summed E-state index contributed by atoms with van der Waals surface area (Å²) >= 11 is 0. The number of hydrogen-bond acceptors (Lipinski definition) is 3. The lowest BCUT2D eigenvalue weighted by Gasteiger charge is -2.39. The molecule has 2 aromatic rings. The first-order valence-corrected chi connectivity index (χ1v) is 8.76. The van der Waals surface area contributed by atoms with Crippen molar-refractivity contribution >= 4 is 16.8 Å². The zero-order valence-corrected chi connectivity index (χ0v) is 14.0. The Labute approximate surface area is 141 Å². The molecule has 3 atom stereocenters. The normalized spacial score (nSPS) is 27.0. The van der Waals surface area contributed by atoms with E-state index in [9.17, 15) is 4.79 Å². The Kier molecular flexibility index (Phi) is 4.29. The third-order valence-corrected chi connectivity index (χ3v) is 5.17. The lowest BCUT2D eigenvalue weighted by atomic mass is 9.89. The molecule has 1 N–H and O–H groups in total. The van der Waals surface area contributed by atoms with Crippen LogP contribution in [0.2, 0.25) is 0 Å². The Morgan fingerprint density at radius 1 is 1.21 bits per heavy atom. The van der Waals surface area contributed by atoms with Crippen LogP contribution < -0.4 is 5.32 Å². The van der Waals surface area contributed by atoms with Gasteiger partial charge in [0.25, 0.3) is 0 Å². The van der Waals surface area contributed by atoms with Crippen LogP contribution in [0.1, 0.15) is 24.8 Å². The van der Waals surface area contributed by atoms with Gasteiger partial charge in [0.2, 0.25) is 5.91 Å². The molecule has 0 bridgehead atoms. The molecule has 0 unspecified atom stereocenters. The summed E-state index contributed by atoms with van der Waals surface area (Å²) in [4.78, 5) is 12.5. The van der Waals surface area contributed by atoms with Crippen LogP contribution in [-0.4, -0.2) is 41.9 Å². The van der Waals surface area contributed by atoms with Gasteiger partial charge in [-0.15, -0.1) is 0 Å². The van der Waals surface area contributed by atoms with Gasteiger partial charge in [-0.2, -0.15) is 0 Å². The van der Waals surface area contributed by atoms with E-state index < -0.39 is 0 Å². The molecule has 2 aliphatic rings. The summed E-state index contributed by atoms with van der Waals surface area (Å²) in [5.41, 5.74) is 2.24. The van der Waals surface area contributed by atoms with E-state index in [4.69, 9.17) is 9.47 Å². The van der Waals surface area contributed by atoms with Gasteiger partial charge in [0.05, 0.1) is 31.8 Å². The van der Waals surface area contributed by atoms with Gasteiger partial charge in [-0.25, -0.2) is 0 Å². The van der Waals surface area contributed by atoms with E-state index in [1.165, 1.54) is 0 Å². The van der Waals surface area contributed by atoms with Crippen molar-refractivity contribution in [1.29, 1.82) is 0 Å². The third-order valence-electron chi connectivity index (χ3n) is 5.17. The van der Waals surface area contributed by atoms with Crippen molar-refractivity contribution in [3.63, 3.8) is 0 Å². The van der Waals surface area contributed by atoms with Crippen LogP contribution in [0.5, 0.6) is 0 Å². The van der Waals surface area contributed by atoms with E-state index in [1.807, 2.05) is 19.2 Å². The molecule has 24 heavy (non-hydrogen) atoms. The van der Waals surface area contributed by atoms with Crippen LogP contribution in [0.4, 0.5) is 0 Å². The second-order valence-electron chi connectivity index (χ2n) is 6.86. The fourth-order valence-electron chi connectivity index (χ4n) is 4.02. The number of fused-ring (bicyclic) bond motifs is 2. The Bertz CT molecular complexity index is 739. The van der Waals surface area contributed by atoms with Gasteiger partial charge in [-0.3, -0.25) is 4.79 Å². The molecule has 1 amide bonds. The molecular weight excluding hydrogens is 304 g/mol. The predicted octanol–water partition coefficient (Wildman–Crippen LogP) is 2.17. The zero-order chi connectivity index (χ0) is 16.5. The minimum Gasteiger partial charge on any atom is -0.373 e. The number of aromatic nitrogens is 1. The highest BCUT2D eigenvalue weighted by Crippen LogP contribution is 2.27. The Morgan fingerprint density at radius 2 is 2.00 bits per heavy atom. The van der Waals surface area contributed by atoms with Crippen LogP contribution in [-0.2, 0) is 27.7 Å². The molecule has 2 heterocycles. The standard InChI is InChI=1S/C19H24N2O3/c1-21-12-13(15-4-2-3-5-16(15)21)10-19(22)20-14-6-7-17-18(11-14)24-9-8-23-17/h2-5,12,14,17-18H,6-11H2,1H3,(H,20,22)/t14-,17+,18+/m1/s1. The van der Waals surface area contributed by atoms with Gasteiger partial charge in [0.1, 0.15) is 0 Å². The topological polar surface area (TPSA) is 52.5 Å². The summed E-state index contributed by atoms with van der Waals surface area (Å²) in [6.45, 7) is 1.36. The third kappa shape index (κ3) is 3.06. The minimum atomic E-state index is 0.0894. The molecule has 5 nitrogen and oxygen atoms in total. The minimum absolute atomic E-state index is 0.0894. The number of nitrogens with one attached hydrogen (secondary N) is 1. The zero-order valence-electron chi connectivity index (χ0n) is 14.0. The number of ether oxygens (including phenoxy) is 2. The van der Waals surface area contributed by atoms with Crippen molar-refractivity contribution < 1.29 is 14.3 Å². The summed E-state index contributed by atoms with van der Waals surface area (Å²) < 4.78 is 13.6. The average Bonchev–Trinajstić information content (AvgIpc) is 2.91. The summed E-state index contributed by atoms with van der Waals surface area (Å²) in [6.07, 6.45) is 5.60. The molecule has 1 aromatic heterocycles. The van der Waals surface area contributed by atoms with Crippen LogP contribution in [0.25, 0.3) is 10.9 Å². The highest BCUT2D eigenvalue weighted by Gasteiger charge is 2.34. The van der Waals surface area contributed by atoms with Gasteiger partial charge >= 0.3 is 0 Å². The lowest BCUT2D eigenvalue weighted by Crippen LogP contribution is -2.49. The van der Waals surface area contributed by atoms with Gasteiger partial charge < -0.3 is 19.4 Å². The summed E-state index contributed by atoms with van der Waals surface area (Å²) in [5, 5.41) is 4.35. The van der Waals surface area contributed by atoms with Crippen molar-refractivity contribution in [3.05, 3.63) is 36.0 Å². The molecular formula is C19H24N2O3. The van der Waals surface area contributed by atoms with Crippen LogP contribution in [0.15, 0.2) is 30.5 Å². The number of carbonyl (C=O) groups is 1. The Balaban J connectivity index is 1.39. The monoisotopic (exact) mass is 328 g/mol. The number of aryl methyl sites for hydroxylation is 1. The molecule has 0 radical (unpaired) electrons. The Hall–Kier alpha value is -1.85. The van der Waals surface area contributed by atoms with Crippen molar-refractivity contribution in [1.82, 2.24) is 9.88 Å². The van der Waals surface area contributed by atoms with E-state index in [0.29, 0.717) is 19.6 Å². The van der Waals surface area contributed by atoms with Crippen LogP contribution in [0.3, 0.4) is 0 Å². The van der Waals surface area contributed by atoms with Gasteiger partial charge in [0.15, 0.2) is 0 Å². The van der Waals surface area contributed by atoms with Crippen molar-refractivity contribution in [2.45, 2.75) is 43.9 Å². The number of rotatable bonds is 3. The van der Waals surface area contributed by atoms with Crippen molar-refractivity contribution in [3.8, 4) is 0 Å². The fraction of sp³-hybridized carbons (Fsp3) is 0.526. The average molecular weight is 328 g/mol. The second-order valence-corrected chi connectivity index (χ2v) is 6.86. The van der Waals surface area contributed by atoms with E-state index in [-0.39, 0.29) is 24.2 Å². The molecule has 4 rings (SSSR count). The summed E-state index contributed by atoms with van der Waals surface area (Å²) in [6, 6.07) is 8.40. The first kappa shape index (κ1) is 15.7. The molecule has 1 aromatic carbocycles. The number of para-hydroxylation sites is 1. The predicted molar refractivity (Wildman–Crippen MR) is 91.9 cm³/mol. The first-order chi connectivity index (χ1) is 11.7. The van der Waals surface area contributed by atoms with Gasteiger partial charge in [-0.1, -0.05) is 18.2 Å².